The lowest BCUT2D eigenvalue weighted by molar-refractivity contribution is 0.146. The fourth-order valence-corrected chi connectivity index (χ4v) is 1.55. The van der Waals surface area contributed by atoms with Gasteiger partial charge in [-0.1, -0.05) is 11.3 Å². The SMILES string of the molecule is Cc1ccc(-n2cc(C(F)F)nn2)c(C)c1F. The molecule has 0 amide bonds. The van der Waals surface area contributed by atoms with Gasteiger partial charge in [-0.25, -0.2) is 17.9 Å². The summed E-state index contributed by atoms with van der Waals surface area (Å²) in [7, 11) is 0. The lowest BCUT2D eigenvalue weighted by atomic mass is 10.1. The molecule has 0 N–H and O–H groups in total. The van der Waals surface area contributed by atoms with Crippen LogP contribution in [0, 0.1) is 19.7 Å². The van der Waals surface area contributed by atoms with Gasteiger partial charge in [-0.2, -0.15) is 0 Å². The van der Waals surface area contributed by atoms with Crippen LogP contribution in [0.25, 0.3) is 5.69 Å². The predicted octanol–water partition coefficient (Wildman–Crippen LogP) is 2.96. The number of hydrogen-bond acceptors (Lipinski definition) is 2. The Kier molecular flexibility index (Phi) is 2.87. The highest BCUT2D eigenvalue weighted by molar-refractivity contribution is 5.43. The molecule has 0 saturated carbocycles. The Morgan fingerprint density at radius 2 is 1.94 bits per heavy atom. The molecule has 0 bridgehead atoms. The number of hydrogen-bond donors (Lipinski definition) is 0. The van der Waals surface area contributed by atoms with Crippen LogP contribution in [0.2, 0.25) is 0 Å². The number of alkyl halides is 2. The standard InChI is InChI=1S/C11H10F3N3/c1-6-3-4-9(7(2)10(6)12)17-5-8(11(13)14)15-16-17/h3-5,11H,1-2H3. The van der Waals surface area contributed by atoms with E-state index >= 15 is 0 Å². The van der Waals surface area contributed by atoms with Crippen molar-refractivity contribution in [1.29, 1.82) is 0 Å². The summed E-state index contributed by atoms with van der Waals surface area (Å²) in [6.45, 7) is 3.21. The fourth-order valence-electron chi connectivity index (χ4n) is 1.55. The molecule has 0 atom stereocenters. The van der Waals surface area contributed by atoms with Gasteiger partial charge >= 0.3 is 0 Å². The monoisotopic (exact) mass is 241 g/mol. The molecule has 1 aromatic heterocycles. The second-order valence-electron chi connectivity index (χ2n) is 3.73. The number of aryl methyl sites for hydroxylation is 1. The van der Waals surface area contributed by atoms with Gasteiger partial charge in [0, 0.05) is 5.56 Å². The third kappa shape index (κ3) is 2.02. The molecule has 2 aromatic rings. The lowest BCUT2D eigenvalue weighted by Gasteiger charge is -2.07. The van der Waals surface area contributed by atoms with Crippen LogP contribution in [0.3, 0.4) is 0 Å². The second-order valence-corrected chi connectivity index (χ2v) is 3.73. The van der Waals surface area contributed by atoms with E-state index < -0.39 is 12.1 Å². The molecule has 0 unspecified atom stereocenters. The molecule has 0 saturated heterocycles. The fraction of sp³-hybridized carbons (Fsp3) is 0.273. The molecule has 1 aromatic carbocycles. The summed E-state index contributed by atoms with van der Waals surface area (Å²) >= 11 is 0. The molecule has 6 heteroatoms. The van der Waals surface area contributed by atoms with E-state index in [1.165, 1.54) is 0 Å². The van der Waals surface area contributed by atoms with Crippen LogP contribution < -0.4 is 0 Å². The van der Waals surface area contributed by atoms with E-state index in [2.05, 4.69) is 10.3 Å². The Labute approximate surface area is 95.9 Å². The molecule has 0 radical (unpaired) electrons. The van der Waals surface area contributed by atoms with Gasteiger partial charge in [0.1, 0.15) is 11.5 Å². The number of aromatic nitrogens is 3. The number of halogens is 3. The van der Waals surface area contributed by atoms with Crippen molar-refractivity contribution in [2.24, 2.45) is 0 Å². The van der Waals surface area contributed by atoms with Gasteiger partial charge in [-0.3, -0.25) is 0 Å². The Balaban J connectivity index is 2.49. The van der Waals surface area contributed by atoms with Gasteiger partial charge in [-0.05, 0) is 25.5 Å². The highest BCUT2D eigenvalue weighted by Crippen LogP contribution is 2.21. The van der Waals surface area contributed by atoms with E-state index in [4.69, 9.17) is 0 Å². The largest absolute Gasteiger partial charge is 0.283 e. The van der Waals surface area contributed by atoms with Crippen molar-refractivity contribution in [2.45, 2.75) is 20.3 Å². The van der Waals surface area contributed by atoms with E-state index in [1.807, 2.05) is 0 Å². The zero-order valence-electron chi connectivity index (χ0n) is 9.28. The van der Waals surface area contributed by atoms with Gasteiger partial charge in [0.25, 0.3) is 6.43 Å². The molecular formula is C11H10F3N3. The van der Waals surface area contributed by atoms with Gasteiger partial charge in [0.15, 0.2) is 0 Å². The van der Waals surface area contributed by atoms with E-state index in [1.54, 1.807) is 26.0 Å². The molecule has 1 heterocycles. The minimum Gasteiger partial charge on any atom is -0.220 e. The van der Waals surface area contributed by atoms with Crippen molar-refractivity contribution in [3.05, 3.63) is 41.0 Å². The molecule has 0 aliphatic heterocycles. The highest BCUT2D eigenvalue weighted by atomic mass is 19.3. The first-order chi connectivity index (χ1) is 8.00. The van der Waals surface area contributed by atoms with Crippen LogP contribution in [0.5, 0.6) is 0 Å². The summed E-state index contributed by atoms with van der Waals surface area (Å²) in [6, 6.07) is 3.19. The summed E-state index contributed by atoms with van der Waals surface area (Å²) in [4.78, 5) is 0. The zero-order valence-corrected chi connectivity index (χ0v) is 9.28. The Hall–Kier alpha value is -1.85. The average Bonchev–Trinajstić information content (AvgIpc) is 2.75. The van der Waals surface area contributed by atoms with Crippen molar-refractivity contribution in [2.75, 3.05) is 0 Å². The summed E-state index contributed by atoms with van der Waals surface area (Å²) in [5.41, 5.74) is 0.842. The van der Waals surface area contributed by atoms with Gasteiger partial charge in [-0.15, -0.1) is 5.10 Å². The maximum Gasteiger partial charge on any atom is 0.283 e. The Bertz CT molecular complexity index is 549. The van der Waals surface area contributed by atoms with Crippen molar-refractivity contribution >= 4 is 0 Å². The summed E-state index contributed by atoms with van der Waals surface area (Å²) < 4.78 is 39.5. The van der Waals surface area contributed by atoms with Crippen LogP contribution in [0.15, 0.2) is 18.3 Å². The minimum atomic E-state index is -2.68. The van der Waals surface area contributed by atoms with Crippen LogP contribution in [0.1, 0.15) is 23.2 Å². The summed E-state index contributed by atoms with van der Waals surface area (Å²) in [5, 5.41) is 6.89. The van der Waals surface area contributed by atoms with Gasteiger partial charge < -0.3 is 0 Å². The molecule has 90 valence electrons. The maximum atomic E-state index is 13.6. The number of benzene rings is 1. The van der Waals surface area contributed by atoms with Crippen molar-refractivity contribution in [3.8, 4) is 5.69 Å². The molecule has 2 rings (SSSR count). The first-order valence-corrected chi connectivity index (χ1v) is 4.97. The molecular weight excluding hydrogens is 231 g/mol. The van der Waals surface area contributed by atoms with Crippen LogP contribution >= 0.6 is 0 Å². The van der Waals surface area contributed by atoms with Gasteiger partial charge in [0.2, 0.25) is 0 Å². The zero-order chi connectivity index (χ0) is 12.6. The smallest absolute Gasteiger partial charge is 0.220 e. The lowest BCUT2D eigenvalue weighted by Crippen LogP contribution is -2.01. The van der Waals surface area contributed by atoms with E-state index in [0.717, 1.165) is 10.9 Å². The molecule has 0 spiro atoms. The first kappa shape index (κ1) is 11.6. The second kappa shape index (κ2) is 4.20. The van der Waals surface area contributed by atoms with Crippen LogP contribution in [0.4, 0.5) is 13.2 Å². The molecule has 0 fully saturated rings. The maximum absolute atomic E-state index is 13.6. The highest BCUT2D eigenvalue weighted by Gasteiger charge is 2.15. The topological polar surface area (TPSA) is 30.7 Å². The van der Waals surface area contributed by atoms with Crippen LogP contribution in [-0.2, 0) is 0 Å². The van der Waals surface area contributed by atoms with E-state index in [-0.39, 0.29) is 5.82 Å². The van der Waals surface area contributed by atoms with E-state index in [0.29, 0.717) is 16.8 Å². The minimum absolute atomic E-state index is 0.357. The quantitative estimate of drug-likeness (QED) is 0.809. The average molecular weight is 241 g/mol. The van der Waals surface area contributed by atoms with Crippen molar-refractivity contribution in [3.63, 3.8) is 0 Å². The van der Waals surface area contributed by atoms with Crippen molar-refractivity contribution < 1.29 is 13.2 Å². The third-order valence-electron chi connectivity index (χ3n) is 2.53. The Morgan fingerprint density at radius 1 is 1.24 bits per heavy atom. The third-order valence-corrected chi connectivity index (χ3v) is 2.53. The molecule has 17 heavy (non-hydrogen) atoms. The summed E-state index contributed by atoms with van der Waals surface area (Å²) in [5.74, 6) is -0.364. The Morgan fingerprint density at radius 3 is 2.53 bits per heavy atom. The molecule has 0 aliphatic carbocycles. The predicted molar refractivity (Wildman–Crippen MR) is 55.7 cm³/mol. The van der Waals surface area contributed by atoms with Crippen LogP contribution in [-0.4, -0.2) is 15.0 Å². The normalized spacial score (nSPS) is 11.2. The number of nitrogens with zero attached hydrogens (tertiary/aromatic N) is 3. The van der Waals surface area contributed by atoms with E-state index in [9.17, 15) is 13.2 Å². The molecule has 0 aliphatic rings. The molecule has 3 nitrogen and oxygen atoms in total. The van der Waals surface area contributed by atoms with Gasteiger partial charge in [0.05, 0.1) is 11.9 Å². The summed E-state index contributed by atoms with van der Waals surface area (Å²) in [6.07, 6.45) is -1.58. The van der Waals surface area contributed by atoms with Crippen molar-refractivity contribution in [1.82, 2.24) is 15.0 Å². The number of rotatable bonds is 2. The first-order valence-electron chi connectivity index (χ1n) is 4.97.